The Balaban J connectivity index is 2.36. The van der Waals surface area contributed by atoms with E-state index in [1.165, 1.54) is 30.3 Å². The van der Waals surface area contributed by atoms with E-state index in [0.29, 0.717) is 9.50 Å². The fraction of sp³-hybridized carbons (Fsp3) is 0. The van der Waals surface area contributed by atoms with Crippen molar-refractivity contribution in [3.05, 3.63) is 62.1 Å². The van der Waals surface area contributed by atoms with Gasteiger partial charge in [-0.1, -0.05) is 17.7 Å². The van der Waals surface area contributed by atoms with Gasteiger partial charge in [0.2, 0.25) is 0 Å². The maximum absolute atomic E-state index is 12.2. The van der Waals surface area contributed by atoms with E-state index >= 15 is 0 Å². The number of nitrogens with one attached hydrogen (secondary N) is 1. The summed E-state index contributed by atoms with van der Waals surface area (Å²) in [6, 6.07) is 9.33. The number of hydrogen-bond donors (Lipinski definition) is 1. The molecule has 0 aromatic heterocycles. The average Bonchev–Trinajstić information content (AvgIpc) is 2.43. The Morgan fingerprint density at radius 2 is 1.90 bits per heavy atom. The standard InChI is InChI=1S/C12H8BrClN2O4S/c13-11-5-4-8(6-12(11)14)15-21(19,20)10-3-1-2-9(7-10)16(17)18/h1-7,15H. The number of nitrogens with zero attached hydrogens (tertiary/aromatic N) is 1. The third-order valence-corrected chi connectivity index (χ3v) is 5.12. The monoisotopic (exact) mass is 390 g/mol. The molecule has 2 rings (SSSR count). The van der Waals surface area contributed by atoms with Gasteiger partial charge in [-0.15, -0.1) is 0 Å². The van der Waals surface area contributed by atoms with Crippen LogP contribution < -0.4 is 4.72 Å². The van der Waals surface area contributed by atoms with Crippen molar-refractivity contribution in [2.75, 3.05) is 4.72 Å². The largest absolute Gasteiger partial charge is 0.280 e. The molecular formula is C12H8BrClN2O4S. The van der Waals surface area contributed by atoms with E-state index in [1.54, 1.807) is 6.07 Å². The number of nitro groups is 1. The van der Waals surface area contributed by atoms with Crippen molar-refractivity contribution in [3.8, 4) is 0 Å². The Bertz CT molecular complexity index is 811. The maximum Gasteiger partial charge on any atom is 0.270 e. The van der Waals surface area contributed by atoms with Crippen molar-refractivity contribution in [1.82, 2.24) is 0 Å². The van der Waals surface area contributed by atoms with Crippen LogP contribution in [0.5, 0.6) is 0 Å². The zero-order chi connectivity index (χ0) is 15.6. The van der Waals surface area contributed by atoms with E-state index in [0.717, 1.165) is 6.07 Å². The lowest BCUT2D eigenvalue weighted by atomic mass is 10.3. The number of hydrogen-bond acceptors (Lipinski definition) is 4. The van der Waals surface area contributed by atoms with Crippen molar-refractivity contribution < 1.29 is 13.3 Å². The normalized spacial score (nSPS) is 11.1. The molecule has 6 nitrogen and oxygen atoms in total. The lowest BCUT2D eigenvalue weighted by Crippen LogP contribution is -2.13. The molecule has 9 heteroatoms. The Labute approximate surface area is 134 Å². The van der Waals surface area contributed by atoms with Gasteiger partial charge in [-0.05, 0) is 40.2 Å². The van der Waals surface area contributed by atoms with E-state index in [9.17, 15) is 18.5 Å². The van der Waals surface area contributed by atoms with Crippen LogP contribution in [0.25, 0.3) is 0 Å². The van der Waals surface area contributed by atoms with Crippen molar-refractivity contribution in [1.29, 1.82) is 0 Å². The Morgan fingerprint density at radius 1 is 1.19 bits per heavy atom. The second kappa shape index (κ2) is 6.00. The number of benzene rings is 2. The summed E-state index contributed by atoms with van der Waals surface area (Å²) >= 11 is 9.08. The van der Waals surface area contributed by atoms with E-state index in [2.05, 4.69) is 20.7 Å². The van der Waals surface area contributed by atoms with Crippen LogP contribution >= 0.6 is 27.5 Å². The SMILES string of the molecule is O=[N+]([O-])c1cccc(S(=O)(=O)Nc2ccc(Br)c(Cl)c2)c1. The van der Waals surface area contributed by atoms with Crippen LogP contribution in [0.1, 0.15) is 0 Å². The molecule has 2 aromatic carbocycles. The minimum absolute atomic E-state index is 0.198. The van der Waals surface area contributed by atoms with Gasteiger partial charge >= 0.3 is 0 Å². The quantitative estimate of drug-likeness (QED) is 0.634. The van der Waals surface area contributed by atoms with E-state index in [4.69, 9.17) is 11.6 Å². The van der Waals surface area contributed by atoms with Crippen molar-refractivity contribution in [2.24, 2.45) is 0 Å². The molecule has 0 saturated carbocycles. The summed E-state index contributed by atoms with van der Waals surface area (Å²) in [5, 5.41) is 11.0. The van der Waals surface area contributed by atoms with Gasteiger partial charge in [0.1, 0.15) is 0 Å². The van der Waals surface area contributed by atoms with Crippen molar-refractivity contribution in [2.45, 2.75) is 4.90 Å². The molecule has 1 N–H and O–H groups in total. The molecule has 0 amide bonds. The molecule has 0 bridgehead atoms. The molecule has 110 valence electrons. The van der Waals surface area contributed by atoms with Gasteiger partial charge in [-0.3, -0.25) is 14.8 Å². The number of non-ortho nitro benzene ring substituents is 1. The molecule has 0 heterocycles. The van der Waals surface area contributed by atoms with Crippen molar-refractivity contribution in [3.63, 3.8) is 0 Å². The predicted molar refractivity (Wildman–Crippen MR) is 83.1 cm³/mol. The highest BCUT2D eigenvalue weighted by molar-refractivity contribution is 9.10. The number of sulfonamides is 1. The summed E-state index contributed by atoms with van der Waals surface area (Å²) in [7, 11) is -3.93. The van der Waals surface area contributed by atoms with Gasteiger partial charge in [0.25, 0.3) is 15.7 Å². The van der Waals surface area contributed by atoms with Crippen LogP contribution in [0, 0.1) is 10.1 Å². The maximum atomic E-state index is 12.2. The lowest BCUT2D eigenvalue weighted by molar-refractivity contribution is -0.385. The summed E-state index contributed by atoms with van der Waals surface area (Å²) in [5.41, 5.74) is -0.0404. The zero-order valence-electron chi connectivity index (χ0n) is 10.3. The lowest BCUT2D eigenvalue weighted by Gasteiger charge is -2.08. The number of halogens is 2. The minimum Gasteiger partial charge on any atom is -0.280 e. The van der Waals surface area contributed by atoms with Crippen LogP contribution in [-0.2, 0) is 10.0 Å². The molecule has 0 spiro atoms. The number of anilines is 1. The van der Waals surface area contributed by atoms with E-state index < -0.39 is 14.9 Å². The second-order valence-electron chi connectivity index (χ2n) is 3.99. The smallest absolute Gasteiger partial charge is 0.270 e. The Hall–Kier alpha value is -1.64. The second-order valence-corrected chi connectivity index (χ2v) is 6.93. The first-order valence-corrected chi connectivity index (χ1v) is 8.17. The Kier molecular flexibility index (Phi) is 4.50. The highest BCUT2D eigenvalue weighted by Gasteiger charge is 2.18. The molecule has 0 saturated heterocycles. The van der Waals surface area contributed by atoms with E-state index in [1.807, 2.05) is 0 Å². The molecule has 21 heavy (non-hydrogen) atoms. The topological polar surface area (TPSA) is 89.3 Å². The molecular weight excluding hydrogens is 384 g/mol. The third kappa shape index (κ3) is 3.72. The van der Waals surface area contributed by atoms with Gasteiger partial charge in [0, 0.05) is 16.6 Å². The molecule has 0 unspecified atom stereocenters. The van der Waals surface area contributed by atoms with E-state index in [-0.39, 0.29) is 16.3 Å². The Morgan fingerprint density at radius 3 is 2.52 bits per heavy atom. The molecule has 0 aliphatic carbocycles. The summed E-state index contributed by atoms with van der Waals surface area (Å²) < 4.78 is 27.3. The first-order chi connectivity index (χ1) is 9.79. The van der Waals surface area contributed by atoms with Crippen LogP contribution in [0.4, 0.5) is 11.4 Å². The molecule has 0 radical (unpaired) electrons. The summed E-state index contributed by atoms with van der Waals surface area (Å²) in [5.74, 6) is 0. The summed E-state index contributed by atoms with van der Waals surface area (Å²) in [6.45, 7) is 0. The van der Waals surface area contributed by atoms with Crippen LogP contribution in [0.15, 0.2) is 51.8 Å². The first-order valence-electron chi connectivity index (χ1n) is 5.52. The van der Waals surface area contributed by atoms with Crippen molar-refractivity contribution >= 4 is 48.9 Å². The van der Waals surface area contributed by atoms with Crippen LogP contribution in [0.2, 0.25) is 5.02 Å². The fourth-order valence-corrected chi connectivity index (χ4v) is 3.05. The fourth-order valence-electron chi connectivity index (χ4n) is 1.54. The third-order valence-electron chi connectivity index (χ3n) is 2.51. The van der Waals surface area contributed by atoms with Gasteiger partial charge < -0.3 is 0 Å². The predicted octanol–water partition coefficient (Wildman–Crippen LogP) is 3.81. The highest BCUT2D eigenvalue weighted by Crippen LogP contribution is 2.27. The van der Waals surface area contributed by atoms with Gasteiger partial charge in [0.05, 0.1) is 20.5 Å². The van der Waals surface area contributed by atoms with Crippen LogP contribution in [0.3, 0.4) is 0 Å². The highest BCUT2D eigenvalue weighted by atomic mass is 79.9. The molecule has 0 aliphatic heterocycles. The van der Waals surface area contributed by atoms with Gasteiger partial charge in [0.15, 0.2) is 0 Å². The van der Waals surface area contributed by atoms with Gasteiger partial charge in [-0.25, -0.2) is 8.42 Å². The number of rotatable bonds is 4. The molecule has 2 aromatic rings. The van der Waals surface area contributed by atoms with Gasteiger partial charge in [-0.2, -0.15) is 0 Å². The van der Waals surface area contributed by atoms with Crippen LogP contribution in [-0.4, -0.2) is 13.3 Å². The molecule has 0 atom stereocenters. The average molecular weight is 392 g/mol. The number of nitro benzene ring substituents is 1. The summed E-state index contributed by atoms with van der Waals surface area (Å²) in [6.07, 6.45) is 0. The first kappa shape index (κ1) is 15.7. The summed E-state index contributed by atoms with van der Waals surface area (Å²) in [4.78, 5) is 9.83. The molecule has 0 fully saturated rings. The zero-order valence-corrected chi connectivity index (χ0v) is 13.4. The molecule has 0 aliphatic rings. The minimum atomic E-state index is -3.93.